The second-order valence-corrected chi connectivity index (χ2v) is 19.2. The van der Waals surface area contributed by atoms with Gasteiger partial charge in [0.25, 0.3) is 0 Å². The van der Waals surface area contributed by atoms with Crippen LogP contribution in [0.15, 0.2) is 107 Å². The highest BCUT2D eigenvalue weighted by Gasteiger charge is 2.74. The molecule has 1 aromatic heterocycles. The van der Waals surface area contributed by atoms with Crippen LogP contribution in [-0.4, -0.2) is 59.4 Å². The Labute approximate surface area is 369 Å². The van der Waals surface area contributed by atoms with Gasteiger partial charge in [-0.05, 0) is 117 Å². The Hall–Kier alpha value is -5.04. The van der Waals surface area contributed by atoms with E-state index in [4.69, 9.17) is 25.5 Å². The molecular formula is C50H52ClF3N2O7. The van der Waals surface area contributed by atoms with Gasteiger partial charge < -0.3 is 34.3 Å². The van der Waals surface area contributed by atoms with Gasteiger partial charge in [-0.25, -0.2) is 4.79 Å². The van der Waals surface area contributed by atoms with E-state index < -0.39 is 51.5 Å². The molecule has 0 radical (unpaired) electrons. The third-order valence-corrected chi connectivity index (χ3v) is 16.3. The van der Waals surface area contributed by atoms with Gasteiger partial charge in [-0.1, -0.05) is 61.9 Å². The van der Waals surface area contributed by atoms with E-state index in [1.54, 1.807) is 43.4 Å². The minimum absolute atomic E-state index is 0.0152. The van der Waals surface area contributed by atoms with Crippen molar-refractivity contribution in [1.82, 2.24) is 4.90 Å². The quantitative estimate of drug-likeness (QED) is 0.107. The second-order valence-electron chi connectivity index (χ2n) is 18.8. The normalized spacial score (nSPS) is 31.7. The number of nitrogens with one attached hydrogen (secondary N) is 1. The number of furan rings is 1. The van der Waals surface area contributed by atoms with Crippen LogP contribution in [0.1, 0.15) is 80.5 Å². The molecule has 1 unspecified atom stereocenters. The zero-order valence-corrected chi connectivity index (χ0v) is 36.5. The number of allylic oxidation sites excluding steroid dienone is 4. The van der Waals surface area contributed by atoms with Crippen LogP contribution in [0.25, 0.3) is 11.3 Å². The van der Waals surface area contributed by atoms with Crippen molar-refractivity contribution in [3.63, 3.8) is 0 Å². The number of anilines is 1. The standard InChI is InChI=1S/C50H52ClF3N2O7/c1-45-19-16-33(57)26-47(45)22-23-49(36(27-47)43(58)39-15-14-38(63-39)35-24-31(50(52,53)54)11-13-37(35)51)41(45)17-20-46(2)42(49)18-21-48(46,60)29-56(44(59)55-32-8-6-5-7-9-32)28-30-10-12-34(61-3)25-40(30)62-4/h5-15,22-25,27,33,41-42,57,60H,16-21,26,28-29H2,1-4H3,(H,55,59)/t33?,41-,42-,45-,46+,47+,48-,49-/m1/s1. The Kier molecular flexibility index (Phi) is 10.5. The molecule has 3 aromatic carbocycles. The van der Waals surface area contributed by atoms with Gasteiger partial charge in [0.2, 0.25) is 5.78 Å². The molecule has 2 bridgehead atoms. The smallest absolute Gasteiger partial charge is 0.416 e. The van der Waals surface area contributed by atoms with Crippen molar-refractivity contribution in [3.05, 3.63) is 125 Å². The SMILES string of the molecule is COc1ccc(CN(C[C@]2(O)CC[C@H]3[C@]45C=C[C@@]6(C=C4C(=O)c4ccc(-c7cc(C(F)(F)F)ccc7Cl)o4)CC(O)CC[C@]6(C)[C@H]5CC[C@@]32C)C(=O)Nc2ccccc2)c(OC)c1. The van der Waals surface area contributed by atoms with Crippen LogP contribution in [0, 0.1) is 33.5 Å². The largest absolute Gasteiger partial charge is 0.497 e. The lowest BCUT2D eigenvalue weighted by Gasteiger charge is -2.71. The van der Waals surface area contributed by atoms with Crippen LogP contribution in [0.3, 0.4) is 0 Å². The minimum atomic E-state index is -4.62. The summed E-state index contributed by atoms with van der Waals surface area (Å²) in [6, 6.07) is 20.1. The van der Waals surface area contributed by atoms with E-state index in [9.17, 15) is 28.2 Å². The molecular weight excluding hydrogens is 833 g/mol. The number of ether oxygens (including phenoxy) is 2. The van der Waals surface area contributed by atoms with Crippen LogP contribution in [-0.2, 0) is 12.7 Å². The maximum atomic E-state index is 15.2. The summed E-state index contributed by atoms with van der Waals surface area (Å²) in [7, 11) is 3.12. The minimum Gasteiger partial charge on any atom is -0.497 e. The first-order valence-corrected chi connectivity index (χ1v) is 22.0. The number of benzene rings is 3. The molecule has 3 N–H and O–H groups in total. The van der Waals surface area contributed by atoms with E-state index >= 15 is 4.79 Å². The first-order valence-electron chi connectivity index (χ1n) is 21.6. The molecule has 1 heterocycles. The number of hydrogen-bond donors (Lipinski definition) is 3. The number of carbonyl (C=O) groups is 2. The van der Waals surface area contributed by atoms with Gasteiger partial charge in [0.15, 0.2) is 5.76 Å². The van der Waals surface area contributed by atoms with E-state index in [0.29, 0.717) is 61.3 Å². The van der Waals surface area contributed by atoms with Crippen molar-refractivity contribution >= 4 is 29.1 Å². The molecule has 4 aromatic rings. The average Bonchev–Trinajstić information content (AvgIpc) is 3.85. The molecule has 6 aliphatic carbocycles. The van der Waals surface area contributed by atoms with Gasteiger partial charge in [-0.3, -0.25) is 4.79 Å². The maximum Gasteiger partial charge on any atom is 0.416 e. The number of para-hydroxylation sites is 1. The predicted molar refractivity (Wildman–Crippen MR) is 232 cm³/mol. The number of aliphatic hydroxyl groups is 2. The summed E-state index contributed by atoms with van der Waals surface area (Å²) in [5.74, 6) is 0.425. The van der Waals surface area contributed by atoms with Gasteiger partial charge in [0.05, 0.1) is 49.6 Å². The summed E-state index contributed by atoms with van der Waals surface area (Å²) in [5.41, 5.74) is -3.07. The number of methoxy groups -OCH3 is 2. The van der Waals surface area contributed by atoms with Gasteiger partial charge in [-0.2, -0.15) is 13.2 Å². The number of carbonyl (C=O) groups excluding carboxylic acids is 2. The monoisotopic (exact) mass is 884 g/mol. The molecule has 3 fully saturated rings. The van der Waals surface area contributed by atoms with Crippen molar-refractivity contribution in [2.45, 2.75) is 83.2 Å². The second kappa shape index (κ2) is 15.3. The number of amides is 2. The summed E-state index contributed by atoms with van der Waals surface area (Å²) >= 11 is 6.42. The number of alkyl halides is 3. The summed E-state index contributed by atoms with van der Waals surface area (Å²) in [4.78, 5) is 31.3. The average molecular weight is 885 g/mol. The van der Waals surface area contributed by atoms with Crippen molar-refractivity contribution in [3.8, 4) is 22.8 Å². The van der Waals surface area contributed by atoms with E-state index in [1.165, 1.54) is 18.2 Å². The highest BCUT2D eigenvalue weighted by molar-refractivity contribution is 6.33. The topological polar surface area (TPSA) is 121 Å². The fourth-order valence-electron chi connectivity index (χ4n) is 12.7. The van der Waals surface area contributed by atoms with E-state index in [0.717, 1.165) is 24.1 Å². The van der Waals surface area contributed by atoms with Crippen molar-refractivity contribution < 1.29 is 46.9 Å². The number of aliphatic hydroxyl groups excluding tert-OH is 1. The van der Waals surface area contributed by atoms with E-state index in [2.05, 4.69) is 31.3 Å². The van der Waals surface area contributed by atoms with Gasteiger partial charge in [0, 0.05) is 44.7 Å². The lowest BCUT2D eigenvalue weighted by molar-refractivity contribution is -0.174. The molecule has 9 nitrogen and oxygen atoms in total. The highest BCUT2D eigenvalue weighted by atomic mass is 35.5. The van der Waals surface area contributed by atoms with Gasteiger partial charge in [0.1, 0.15) is 17.3 Å². The molecule has 0 saturated heterocycles. The van der Waals surface area contributed by atoms with Crippen molar-refractivity contribution in [2.24, 2.45) is 33.5 Å². The summed E-state index contributed by atoms with van der Waals surface area (Å²) in [6.07, 6.45) is 5.25. The molecule has 332 valence electrons. The molecule has 8 atom stereocenters. The number of fused-ring (bicyclic) bond motifs is 1. The molecule has 10 rings (SSSR count). The molecule has 2 amide bonds. The first kappa shape index (κ1) is 43.2. The van der Waals surface area contributed by atoms with Gasteiger partial charge in [-0.15, -0.1) is 0 Å². The lowest BCUT2D eigenvalue weighted by Crippen LogP contribution is -2.67. The number of nitrogens with zero attached hydrogens (tertiary/aromatic N) is 1. The van der Waals surface area contributed by atoms with Gasteiger partial charge >= 0.3 is 12.2 Å². The third-order valence-electron chi connectivity index (χ3n) is 16.0. The first-order chi connectivity index (χ1) is 29.9. The number of ketones is 1. The Morgan fingerprint density at radius 2 is 1.63 bits per heavy atom. The van der Waals surface area contributed by atoms with E-state index in [1.807, 2.05) is 30.3 Å². The van der Waals surface area contributed by atoms with E-state index in [-0.39, 0.29) is 52.4 Å². The summed E-state index contributed by atoms with van der Waals surface area (Å²) in [6.45, 7) is 4.47. The van der Waals surface area contributed by atoms with Crippen LogP contribution in [0.4, 0.5) is 23.7 Å². The lowest BCUT2D eigenvalue weighted by atomic mass is 9.32. The van der Waals surface area contributed by atoms with Crippen LogP contribution in [0.5, 0.6) is 11.5 Å². The zero-order chi connectivity index (χ0) is 44.7. The zero-order valence-electron chi connectivity index (χ0n) is 35.7. The molecule has 3 saturated carbocycles. The Bertz CT molecular complexity index is 2520. The third kappa shape index (κ3) is 6.72. The van der Waals surface area contributed by atoms with Crippen LogP contribution in [0.2, 0.25) is 5.02 Å². The molecule has 13 heteroatoms. The maximum absolute atomic E-state index is 15.2. The predicted octanol–water partition coefficient (Wildman–Crippen LogP) is 11.1. The van der Waals surface area contributed by atoms with Crippen molar-refractivity contribution in [2.75, 3.05) is 26.1 Å². The number of rotatable bonds is 10. The fraction of sp³-hybridized carbons (Fsp3) is 0.440. The molecule has 6 aliphatic rings. The van der Waals surface area contributed by atoms with Crippen LogP contribution < -0.4 is 14.8 Å². The Balaban J connectivity index is 1.11. The van der Waals surface area contributed by atoms with Crippen molar-refractivity contribution in [1.29, 1.82) is 0 Å². The number of urea groups is 1. The molecule has 2 spiro atoms. The number of hydrogen-bond acceptors (Lipinski definition) is 7. The Morgan fingerprint density at radius 3 is 2.37 bits per heavy atom. The van der Waals surface area contributed by atoms with Crippen LogP contribution >= 0.6 is 11.6 Å². The fourth-order valence-corrected chi connectivity index (χ4v) is 12.9. The summed E-state index contributed by atoms with van der Waals surface area (Å²) < 4.78 is 58.6. The highest BCUT2D eigenvalue weighted by Crippen LogP contribution is 2.78. The Morgan fingerprint density at radius 1 is 0.905 bits per heavy atom. The number of Topliss-reactive ketones (excluding diaryl/α,β-unsaturated/α-hetero) is 1. The molecule has 63 heavy (non-hydrogen) atoms. The molecule has 0 aliphatic heterocycles. The summed E-state index contributed by atoms with van der Waals surface area (Å²) in [5, 5.41) is 27.5. The number of halogens is 4.